The normalized spacial score (nSPS) is 17.1. The van der Waals surface area contributed by atoms with Crippen LogP contribution in [0.2, 0.25) is 0 Å². The number of aromatic nitrogens is 3. The molecular formula is C17H22N4O2S. The van der Waals surface area contributed by atoms with E-state index in [9.17, 15) is 4.79 Å². The average Bonchev–Trinajstić information content (AvgIpc) is 3.24. The highest BCUT2D eigenvalue weighted by Crippen LogP contribution is 2.21. The van der Waals surface area contributed by atoms with Crippen molar-refractivity contribution in [2.24, 2.45) is 0 Å². The van der Waals surface area contributed by atoms with Gasteiger partial charge in [0.15, 0.2) is 5.16 Å². The number of anilines is 1. The van der Waals surface area contributed by atoms with Crippen molar-refractivity contribution >= 4 is 23.4 Å². The fraction of sp³-hybridized carbons (Fsp3) is 0.471. The number of ether oxygens (including phenoxy) is 1. The molecule has 1 amide bonds. The van der Waals surface area contributed by atoms with Crippen LogP contribution in [0.25, 0.3) is 0 Å². The third-order valence-corrected chi connectivity index (χ3v) is 4.88. The second-order valence-corrected chi connectivity index (χ2v) is 6.64. The zero-order chi connectivity index (χ0) is 16.8. The summed E-state index contributed by atoms with van der Waals surface area (Å²) in [4.78, 5) is 12.1. The van der Waals surface area contributed by atoms with E-state index in [4.69, 9.17) is 4.74 Å². The minimum atomic E-state index is -0.0454. The quantitative estimate of drug-likeness (QED) is 0.781. The van der Waals surface area contributed by atoms with E-state index >= 15 is 0 Å². The summed E-state index contributed by atoms with van der Waals surface area (Å²) in [6.07, 6.45) is 3.22. The Kier molecular flexibility index (Phi) is 5.87. The lowest BCUT2D eigenvalue weighted by Gasteiger charge is -2.14. The summed E-state index contributed by atoms with van der Waals surface area (Å²) in [5, 5.41) is 12.2. The van der Waals surface area contributed by atoms with E-state index in [-0.39, 0.29) is 12.0 Å². The number of hydrogen-bond acceptors (Lipinski definition) is 5. The van der Waals surface area contributed by atoms with Gasteiger partial charge in [-0.05, 0) is 25.0 Å². The van der Waals surface area contributed by atoms with E-state index < -0.39 is 0 Å². The first-order valence-corrected chi connectivity index (χ1v) is 9.26. The van der Waals surface area contributed by atoms with Crippen molar-refractivity contribution in [3.63, 3.8) is 0 Å². The standard InChI is InChI=1S/C17H22N4O2S/c1-2-15-19-20-17(21(15)11-14-9-6-10-23-14)24-12-16(22)18-13-7-4-3-5-8-13/h3-5,7-8,14H,2,6,9-12H2,1H3,(H,18,22)/t14-/m1/s1. The van der Waals surface area contributed by atoms with Gasteiger partial charge in [0.1, 0.15) is 5.82 Å². The summed E-state index contributed by atoms with van der Waals surface area (Å²) < 4.78 is 7.81. The number of nitrogens with one attached hydrogen (secondary N) is 1. The Hall–Kier alpha value is -1.86. The molecule has 0 saturated carbocycles. The topological polar surface area (TPSA) is 69.0 Å². The van der Waals surface area contributed by atoms with Gasteiger partial charge in [0.05, 0.1) is 18.4 Å². The summed E-state index contributed by atoms with van der Waals surface area (Å²) in [6.45, 7) is 3.65. The number of amides is 1. The lowest BCUT2D eigenvalue weighted by Crippen LogP contribution is -2.19. The fourth-order valence-corrected chi connectivity index (χ4v) is 3.48. The maximum atomic E-state index is 12.1. The van der Waals surface area contributed by atoms with Crippen LogP contribution in [-0.2, 0) is 22.5 Å². The Morgan fingerprint density at radius 2 is 2.21 bits per heavy atom. The van der Waals surface area contributed by atoms with Gasteiger partial charge in [-0.1, -0.05) is 36.9 Å². The van der Waals surface area contributed by atoms with Crippen LogP contribution in [0.15, 0.2) is 35.5 Å². The Labute approximate surface area is 146 Å². The molecule has 1 aliphatic rings. The minimum absolute atomic E-state index is 0.0454. The van der Waals surface area contributed by atoms with Crippen LogP contribution in [0.3, 0.4) is 0 Å². The van der Waals surface area contributed by atoms with Gasteiger partial charge in [0.2, 0.25) is 5.91 Å². The van der Waals surface area contributed by atoms with E-state index in [1.54, 1.807) is 0 Å². The average molecular weight is 346 g/mol. The molecule has 128 valence electrons. The first-order chi connectivity index (χ1) is 11.8. The van der Waals surface area contributed by atoms with Crippen LogP contribution in [0.1, 0.15) is 25.6 Å². The number of nitrogens with zero attached hydrogens (tertiary/aromatic N) is 3. The predicted octanol–water partition coefficient (Wildman–Crippen LogP) is 2.75. The number of thioether (sulfide) groups is 1. The first kappa shape index (κ1) is 17.0. The molecule has 1 atom stereocenters. The molecule has 1 saturated heterocycles. The molecule has 1 aromatic carbocycles. The molecular weight excluding hydrogens is 324 g/mol. The Morgan fingerprint density at radius 1 is 1.38 bits per heavy atom. The SMILES string of the molecule is CCc1nnc(SCC(=O)Nc2ccccc2)n1C[C@H]1CCCO1. The lowest BCUT2D eigenvalue weighted by molar-refractivity contribution is -0.113. The Morgan fingerprint density at radius 3 is 2.92 bits per heavy atom. The van der Waals surface area contributed by atoms with E-state index in [1.165, 1.54) is 11.8 Å². The predicted molar refractivity (Wildman–Crippen MR) is 94.2 cm³/mol. The van der Waals surface area contributed by atoms with E-state index in [1.807, 2.05) is 30.3 Å². The fourth-order valence-electron chi connectivity index (χ4n) is 2.71. The van der Waals surface area contributed by atoms with Crippen molar-refractivity contribution < 1.29 is 9.53 Å². The van der Waals surface area contributed by atoms with Gasteiger partial charge in [0, 0.05) is 18.7 Å². The molecule has 6 nitrogen and oxygen atoms in total. The van der Waals surface area contributed by atoms with Crippen LogP contribution >= 0.6 is 11.8 Å². The largest absolute Gasteiger partial charge is 0.376 e. The monoisotopic (exact) mass is 346 g/mol. The van der Waals surface area contributed by atoms with Crippen molar-refractivity contribution in [1.82, 2.24) is 14.8 Å². The molecule has 0 unspecified atom stereocenters. The number of benzene rings is 1. The zero-order valence-electron chi connectivity index (χ0n) is 13.8. The molecule has 0 aliphatic carbocycles. The van der Waals surface area contributed by atoms with E-state index in [0.717, 1.165) is 49.1 Å². The Bertz CT molecular complexity index is 668. The Balaban J connectivity index is 1.60. The molecule has 3 rings (SSSR count). The summed E-state index contributed by atoms with van der Waals surface area (Å²) >= 11 is 1.42. The van der Waals surface area contributed by atoms with Gasteiger partial charge in [0.25, 0.3) is 0 Å². The van der Waals surface area contributed by atoms with Crippen LogP contribution in [0.4, 0.5) is 5.69 Å². The van der Waals surface area contributed by atoms with Crippen molar-refractivity contribution in [1.29, 1.82) is 0 Å². The van der Waals surface area contributed by atoms with Crippen LogP contribution in [0, 0.1) is 0 Å². The van der Waals surface area contributed by atoms with Gasteiger partial charge in [-0.15, -0.1) is 10.2 Å². The summed E-state index contributed by atoms with van der Waals surface area (Å²) in [5.41, 5.74) is 0.804. The van der Waals surface area contributed by atoms with Crippen molar-refractivity contribution in [2.45, 2.75) is 44.0 Å². The van der Waals surface area contributed by atoms with Gasteiger partial charge in [-0.3, -0.25) is 4.79 Å². The first-order valence-electron chi connectivity index (χ1n) is 8.27. The second-order valence-electron chi connectivity index (χ2n) is 5.70. The van der Waals surface area contributed by atoms with Gasteiger partial charge < -0.3 is 14.6 Å². The number of carbonyl (C=O) groups is 1. The van der Waals surface area contributed by atoms with Crippen molar-refractivity contribution in [2.75, 3.05) is 17.7 Å². The van der Waals surface area contributed by atoms with Gasteiger partial charge in [-0.25, -0.2) is 0 Å². The molecule has 0 spiro atoms. The summed E-state index contributed by atoms with van der Waals surface area (Å²) in [6, 6.07) is 9.46. The number of aryl methyl sites for hydroxylation is 1. The third-order valence-electron chi connectivity index (χ3n) is 3.91. The maximum absolute atomic E-state index is 12.1. The van der Waals surface area contributed by atoms with Crippen LogP contribution < -0.4 is 5.32 Å². The molecule has 1 aliphatic heterocycles. The third kappa shape index (κ3) is 4.36. The molecule has 24 heavy (non-hydrogen) atoms. The minimum Gasteiger partial charge on any atom is -0.376 e. The van der Waals surface area contributed by atoms with Crippen molar-refractivity contribution in [3.8, 4) is 0 Å². The molecule has 0 radical (unpaired) electrons. The highest BCUT2D eigenvalue weighted by Gasteiger charge is 2.20. The van der Waals surface area contributed by atoms with E-state index in [0.29, 0.717) is 5.75 Å². The van der Waals surface area contributed by atoms with Gasteiger partial charge >= 0.3 is 0 Å². The summed E-state index contributed by atoms with van der Waals surface area (Å²) in [7, 11) is 0. The maximum Gasteiger partial charge on any atom is 0.234 e. The number of carbonyl (C=O) groups excluding carboxylic acids is 1. The van der Waals surface area contributed by atoms with E-state index in [2.05, 4.69) is 27.0 Å². The molecule has 2 aromatic rings. The summed E-state index contributed by atoms with van der Waals surface area (Å²) in [5.74, 6) is 1.20. The highest BCUT2D eigenvalue weighted by molar-refractivity contribution is 7.99. The van der Waals surface area contributed by atoms with Crippen LogP contribution in [-0.4, -0.2) is 39.1 Å². The number of para-hydroxylation sites is 1. The number of hydrogen-bond donors (Lipinski definition) is 1. The molecule has 1 aromatic heterocycles. The molecule has 1 fully saturated rings. The smallest absolute Gasteiger partial charge is 0.234 e. The van der Waals surface area contributed by atoms with Crippen LogP contribution in [0.5, 0.6) is 0 Å². The van der Waals surface area contributed by atoms with Crippen molar-refractivity contribution in [3.05, 3.63) is 36.2 Å². The lowest BCUT2D eigenvalue weighted by atomic mass is 10.2. The highest BCUT2D eigenvalue weighted by atomic mass is 32.2. The molecule has 1 N–H and O–H groups in total. The second kappa shape index (κ2) is 8.30. The van der Waals surface area contributed by atoms with Gasteiger partial charge in [-0.2, -0.15) is 0 Å². The number of rotatable bonds is 7. The molecule has 2 heterocycles. The zero-order valence-corrected chi connectivity index (χ0v) is 14.6. The molecule has 0 bridgehead atoms. The molecule has 7 heteroatoms.